The van der Waals surface area contributed by atoms with Gasteiger partial charge in [-0.15, -0.1) is 0 Å². The number of aromatic amines is 1. The molecule has 1 N–H and O–H groups in total. The summed E-state index contributed by atoms with van der Waals surface area (Å²) >= 11 is 6.13. The predicted molar refractivity (Wildman–Crippen MR) is 120 cm³/mol. The number of pyridine rings is 1. The first kappa shape index (κ1) is 18.8. The van der Waals surface area contributed by atoms with Crippen LogP contribution in [-0.4, -0.2) is 33.1 Å². The highest BCUT2D eigenvalue weighted by Crippen LogP contribution is 2.32. The zero-order valence-electron chi connectivity index (χ0n) is 16.8. The molecule has 0 bridgehead atoms. The topological polar surface area (TPSA) is 58.0 Å². The highest BCUT2D eigenvalue weighted by molar-refractivity contribution is 6.31. The second-order valence-corrected chi connectivity index (χ2v) is 8.63. The van der Waals surface area contributed by atoms with Gasteiger partial charge >= 0.3 is 0 Å². The number of nitrogens with one attached hydrogen (secondary N) is 1. The minimum atomic E-state index is -0.302. The second kappa shape index (κ2) is 7.32. The van der Waals surface area contributed by atoms with Crippen LogP contribution in [0.15, 0.2) is 47.1 Å². The van der Waals surface area contributed by atoms with E-state index in [0.717, 1.165) is 66.4 Å². The average molecular weight is 435 g/mol. The average Bonchev–Trinajstić information content (AvgIpc) is 3.34. The first-order valence-electron chi connectivity index (χ1n) is 10.5. The number of aryl methyl sites for hydroxylation is 1. The summed E-state index contributed by atoms with van der Waals surface area (Å²) in [6, 6.07) is 10.5. The molecule has 0 saturated carbocycles. The fourth-order valence-electron chi connectivity index (χ4n) is 4.69. The lowest BCUT2D eigenvalue weighted by Crippen LogP contribution is -2.31. The first-order valence-corrected chi connectivity index (χ1v) is 10.9. The highest BCUT2D eigenvalue weighted by Gasteiger charge is 2.22. The van der Waals surface area contributed by atoms with Crippen LogP contribution in [0.3, 0.4) is 0 Å². The summed E-state index contributed by atoms with van der Waals surface area (Å²) in [6.45, 7) is 2.89. The van der Waals surface area contributed by atoms with Crippen molar-refractivity contribution in [2.24, 2.45) is 0 Å². The molecule has 156 valence electrons. The number of benzene rings is 2. The largest absolute Gasteiger partial charge is 0.357 e. The summed E-state index contributed by atoms with van der Waals surface area (Å²) in [5.74, 6) is -0.302. The minimum absolute atomic E-state index is 0.302. The van der Waals surface area contributed by atoms with Crippen molar-refractivity contribution < 1.29 is 8.91 Å². The Bertz CT molecular complexity index is 1440. The Morgan fingerprint density at radius 3 is 2.97 bits per heavy atom. The lowest BCUT2D eigenvalue weighted by atomic mass is 10.0. The number of halogens is 2. The normalized spacial score (nSPS) is 14.6. The summed E-state index contributed by atoms with van der Waals surface area (Å²) in [6.07, 6.45) is 4.73. The molecule has 0 fully saturated rings. The smallest absolute Gasteiger partial charge is 0.170 e. The summed E-state index contributed by atoms with van der Waals surface area (Å²) in [5, 5.41) is 8.04. The lowest BCUT2D eigenvalue weighted by Gasteiger charge is -2.26. The summed E-state index contributed by atoms with van der Waals surface area (Å²) in [5.41, 5.74) is 6.12. The van der Waals surface area contributed by atoms with E-state index in [0.29, 0.717) is 10.6 Å². The van der Waals surface area contributed by atoms with Crippen molar-refractivity contribution in [1.82, 2.24) is 20.0 Å². The van der Waals surface area contributed by atoms with Gasteiger partial charge in [-0.1, -0.05) is 16.8 Å². The number of nitrogens with zero attached hydrogens (tertiary/aromatic N) is 3. The van der Waals surface area contributed by atoms with E-state index in [1.165, 1.54) is 28.8 Å². The van der Waals surface area contributed by atoms with E-state index in [2.05, 4.69) is 20.0 Å². The van der Waals surface area contributed by atoms with Gasteiger partial charge in [-0.25, -0.2) is 4.39 Å². The van der Waals surface area contributed by atoms with Gasteiger partial charge in [0.05, 0.1) is 16.7 Å². The van der Waals surface area contributed by atoms with Gasteiger partial charge < -0.3 is 9.51 Å². The van der Waals surface area contributed by atoms with Gasteiger partial charge in [0, 0.05) is 58.6 Å². The van der Waals surface area contributed by atoms with E-state index in [1.54, 1.807) is 6.07 Å². The molecule has 4 heterocycles. The van der Waals surface area contributed by atoms with Gasteiger partial charge in [0.15, 0.2) is 5.58 Å². The molecular formula is C24H20ClFN4O. The molecule has 0 aliphatic carbocycles. The van der Waals surface area contributed by atoms with Gasteiger partial charge in [0.25, 0.3) is 0 Å². The van der Waals surface area contributed by atoms with Crippen molar-refractivity contribution in [3.63, 3.8) is 0 Å². The van der Waals surface area contributed by atoms with Gasteiger partial charge in [-0.3, -0.25) is 9.88 Å². The molecular weight excluding hydrogens is 415 g/mol. The van der Waals surface area contributed by atoms with E-state index in [-0.39, 0.29) is 5.82 Å². The highest BCUT2D eigenvalue weighted by atomic mass is 35.5. The molecule has 6 rings (SSSR count). The molecule has 7 heteroatoms. The molecule has 31 heavy (non-hydrogen) atoms. The molecule has 0 spiro atoms. The Morgan fingerprint density at radius 2 is 2.03 bits per heavy atom. The van der Waals surface area contributed by atoms with Crippen LogP contribution in [-0.2, 0) is 19.4 Å². The van der Waals surface area contributed by atoms with Crippen LogP contribution in [0.4, 0.5) is 4.39 Å². The number of hydrogen-bond donors (Lipinski definition) is 1. The number of fused-ring (bicyclic) bond motifs is 6. The zero-order chi connectivity index (χ0) is 20.9. The molecule has 5 nitrogen and oxygen atoms in total. The van der Waals surface area contributed by atoms with Gasteiger partial charge in [-0.2, -0.15) is 0 Å². The third kappa shape index (κ3) is 3.27. The molecule has 2 aromatic carbocycles. The number of rotatable bonds is 4. The lowest BCUT2D eigenvalue weighted by molar-refractivity contribution is 0.250. The van der Waals surface area contributed by atoms with Crippen molar-refractivity contribution in [3.05, 3.63) is 70.4 Å². The molecule has 0 saturated heterocycles. The van der Waals surface area contributed by atoms with E-state index >= 15 is 0 Å². The molecule has 1 aliphatic rings. The van der Waals surface area contributed by atoms with Crippen LogP contribution in [0, 0.1) is 5.82 Å². The van der Waals surface area contributed by atoms with Gasteiger partial charge in [0.2, 0.25) is 0 Å². The SMILES string of the molecule is Fc1ccc2c(CCCN3CCc4[nH]c5c(cnc6cc(Cl)ccc65)c4C3)noc2c1. The maximum Gasteiger partial charge on any atom is 0.170 e. The molecule has 5 aromatic rings. The van der Waals surface area contributed by atoms with Crippen LogP contribution >= 0.6 is 11.6 Å². The van der Waals surface area contributed by atoms with E-state index in [1.807, 2.05) is 24.4 Å². The quantitative estimate of drug-likeness (QED) is 0.397. The molecule has 0 unspecified atom stereocenters. The standard InChI is InChI=1S/C24H20ClFN4O/c25-14-3-5-17-22(10-14)27-12-18-19-13-30(9-7-20(19)28-24(17)18)8-1-2-21-16-6-4-15(26)11-23(16)31-29-21/h3-6,10-12,28H,1-2,7-9,13H2. The minimum Gasteiger partial charge on any atom is -0.357 e. The predicted octanol–water partition coefficient (Wildman–Crippen LogP) is 5.64. The van der Waals surface area contributed by atoms with E-state index in [9.17, 15) is 4.39 Å². The third-order valence-electron chi connectivity index (χ3n) is 6.25. The Kier molecular flexibility index (Phi) is 4.44. The Morgan fingerprint density at radius 1 is 1.13 bits per heavy atom. The maximum atomic E-state index is 13.3. The molecule has 3 aromatic heterocycles. The molecule has 0 amide bonds. The first-order chi connectivity index (χ1) is 15.2. The molecule has 1 aliphatic heterocycles. The van der Waals surface area contributed by atoms with Crippen LogP contribution in [0.1, 0.15) is 23.4 Å². The molecule has 0 radical (unpaired) electrons. The zero-order valence-corrected chi connectivity index (χ0v) is 17.5. The van der Waals surface area contributed by atoms with Crippen molar-refractivity contribution in [2.45, 2.75) is 25.8 Å². The monoisotopic (exact) mass is 434 g/mol. The van der Waals surface area contributed by atoms with Crippen LogP contribution in [0.5, 0.6) is 0 Å². The number of aromatic nitrogens is 3. The fourth-order valence-corrected chi connectivity index (χ4v) is 4.86. The molecule has 0 atom stereocenters. The fraction of sp³-hybridized carbons (Fsp3) is 0.250. The van der Waals surface area contributed by atoms with Gasteiger partial charge in [-0.05, 0) is 55.3 Å². The number of hydrogen-bond acceptors (Lipinski definition) is 4. The van der Waals surface area contributed by atoms with Crippen LogP contribution in [0.25, 0.3) is 32.8 Å². The van der Waals surface area contributed by atoms with Gasteiger partial charge in [0.1, 0.15) is 5.82 Å². The number of H-pyrrole nitrogens is 1. The van der Waals surface area contributed by atoms with E-state index in [4.69, 9.17) is 16.1 Å². The second-order valence-electron chi connectivity index (χ2n) is 8.19. The van der Waals surface area contributed by atoms with Crippen molar-refractivity contribution in [2.75, 3.05) is 13.1 Å². The summed E-state index contributed by atoms with van der Waals surface area (Å²) in [7, 11) is 0. The van der Waals surface area contributed by atoms with Crippen molar-refractivity contribution in [1.29, 1.82) is 0 Å². The Hall–Kier alpha value is -2.96. The van der Waals surface area contributed by atoms with Crippen LogP contribution in [0.2, 0.25) is 5.02 Å². The Labute approximate surface area is 182 Å². The summed E-state index contributed by atoms with van der Waals surface area (Å²) < 4.78 is 18.6. The van der Waals surface area contributed by atoms with Crippen LogP contribution < -0.4 is 0 Å². The third-order valence-corrected chi connectivity index (χ3v) is 6.49. The Balaban J connectivity index is 1.20. The van der Waals surface area contributed by atoms with E-state index < -0.39 is 0 Å². The van der Waals surface area contributed by atoms with Crippen molar-refractivity contribution >= 4 is 44.4 Å². The maximum absolute atomic E-state index is 13.3. The summed E-state index contributed by atoms with van der Waals surface area (Å²) in [4.78, 5) is 10.8. The van der Waals surface area contributed by atoms with Crippen molar-refractivity contribution in [3.8, 4) is 0 Å².